The van der Waals surface area contributed by atoms with Gasteiger partial charge in [0.2, 0.25) is 5.88 Å². The molecule has 116 valence electrons. The monoisotopic (exact) mass is 294 g/mol. The minimum atomic E-state index is -0.530. The third-order valence-electron chi connectivity index (χ3n) is 3.39. The molecule has 1 aliphatic rings. The van der Waals surface area contributed by atoms with Crippen LogP contribution >= 0.6 is 0 Å². The van der Waals surface area contributed by atoms with Crippen LogP contribution in [0.2, 0.25) is 0 Å². The summed E-state index contributed by atoms with van der Waals surface area (Å²) in [6.45, 7) is 2.97. The quantitative estimate of drug-likeness (QED) is 0.869. The van der Waals surface area contributed by atoms with Gasteiger partial charge in [-0.15, -0.1) is 0 Å². The van der Waals surface area contributed by atoms with Crippen molar-refractivity contribution in [1.82, 2.24) is 4.98 Å². The molecule has 21 heavy (non-hydrogen) atoms. The fourth-order valence-electron chi connectivity index (χ4n) is 2.09. The van der Waals surface area contributed by atoms with Gasteiger partial charge < -0.3 is 19.5 Å². The fraction of sp³-hybridized carbons (Fsp3) is 0.600. The van der Waals surface area contributed by atoms with Crippen molar-refractivity contribution >= 4 is 11.6 Å². The number of nitrogens with one attached hydrogen (secondary N) is 1. The van der Waals surface area contributed by atoms with Crippen LogP contribution in [0.5, 0.6) is 5.88 Å². The van der Waals surface area contributed by atoms with E-state index in [0.717, 1.165) is 25.9 Å². The number of nitrogens with zero attached hydrogens (tertiary/aromatic N) is 1. The standard InChI is InChI=1S/C15H22N2O4/c1-11(21-10-13-5-3-4-8-20-13)15(18)17-12-6-7-14(19-2)16-9-12/h6-7,9,11,13H,3-5,8,10H2,1-2H3,(H,17,18)/t11-,13-/m0/s1. The molecule has 0 aromatic carbocycles. The highest BCUT2D eigenvalue weighted by Gasteiger charge is 2.19. The van der Waals surface area contributed by atoms with Crippen molar-refractivity contribution in [3.63, 3.8) is 0 Å². The van der Waals surface area contributed by atoms with Crippen molar-refractivity contribution in [2.24, 2.45) is 0 Å². The molecule has 2 heterocycles. The van der Waals surface area contributed by atoms with Crippen LogP contribution in [0.3, 0.4) is 0 Å². The minimum Gasteiger partial charge on any atom is -0.481 e. The van der Waals surface area contributed by atoms with E-state index in [4.69, 9.17) is 14.2 Å². The molecule has 1 aromatic rings. The van der Waals surface area contributed by atoms with Gasteiger partial charge in [-0.05, 0) is 32.3 Å². The van der Waals surface area contributed by atoms with Crippen molar-refractivity contribution in [3.8, 4) is 5.88 Å². The molecule has 0 bridgehead atoms. The topological polar surface area (TPSA) is 69.7 Å². The van der Waals surface area contributed by atoms with Crippen molar-refractivity contribution in [3.05, 3.63) is 18.3 Å². The summed E-state index contributed by atoms with van der Waals surface area (Å²) in [4.78, 5) is 16.0. The number of aromatic nitrogens is 1. The number of carbonyl (C=O) groups excluding carboxylic acids is 1. The molecule has 1 aliphatic heterocycles. The van der Waals surface area contributed by atoms with Crippen molar-refractivity contribution in [2.45, 2.75) is 38.4 Å². The number of methoxy groups -OCH3 is 1. The summed E-state index contributed by atoms with van der Waals surface area (Å²) in [6.07, 6.45) is 4.39. The summed E-state index contributed by atoms with van der Waals surface area (Å²) < 4.78 is 16.1. The zero-order valence-electron chi connectivity index (χ0n) is 12.5. The number of anilines is 1. The van der Waals surface area contributed by atoms with Gasteiger partial charge >= 0.3 is 0 Å². The lowest BCUT2D eigenvalue weighted by Crippen LogP contribution is -2.32. The Bertz CT molecular complexity index is 443. The molecule has 6 nitrogen and oxygen atoms in total. The molecule has 1 saturated heterocycles. The largest absolute Gasteiger partial charge is 0.481 e. The van der Waals surface area contributed by atoms with Gasteiger partial charge in [-0.3, -0.25) is 4.79 Å². The zero-order chi connectivity index (χ0) is 15.1. The van der Waals surface area contributed by atoms with E-state index in [0.29, 0.717) is 18.2 Å². The first-order valence-corrected chi connectivity index (χ1v) is 7.23. The molecule has 1 N–H and O–H groups in total. The number of rotatable bonds is 6. The molecule has 1 aromatic heterocycles. The lowest BCUT2D eigenvalue weighted by atomic mass is 10.1. The van der Waals surface area contributed by atoms with Gasteiger partial charge in [0.05, 0.1) is 31.7 Å². The third-order valence-corrected chi connectivity index (χ3v) is 3.39. The summed E-state index contributed by atoms with van der Waals surface area (Å²) in [5.41, 5.74) is 0.616. The van der Waals surface area contributed by atoms with E-state index in [-0.39, 0.29) is 12.0 Å². The lowest BCUT2D eigenvalue weighted by Gasteiger charge is -2.23. The number of amides is 1. The van der Waals surface area contributed by atoms with Crippen molar-refractivity contribution in [1.29, 1.82) is 0 Å². The van der Waals surface area contributed by atoms with Gasteiger partial charge in [0.15, 0.2) is 0 Å². The van der Waals surface area contributed by atoms with E-state index in [1.165, 1.54) is 0 Å². The first kappa shape index (κ1) is 15.7. The van der Waals surface area contributed by atoms with E-state index >= 15 is 0 Å². The summed E-state index contributed by atoms with van der Waals surface area (Å²) in [6, 6.07) is 3.43. The second-order valence-corrected chi connectivity index (χ2v) is 5.04. The predicted octanol–water partition coefficient (Wildman–Crippen LogP) is 2.00. The molecule has 6 heteroatoms. The molecule has 1 fully saturated rings. The summed E-state index contributed by atoms with van der Waals surface area (Å²) >= 11 is 0. The number of hydrogen-bond donors (Lipinski definition) is 1. The van der Waals surface area contributed by atoms with Crippen LogP contribution in [0.25, 0.3) is 0 Å². The maximum absolute atomic E-state index is 12.0. The van der Waals surface area contributed by atoms with Crippen molar-refractivity contribution in [2.75, 3.05) is 25.6 Å². The van der Waals surface area contributed by atoms with Crippen LogP contribution in [0, 0.1) is 0 Å². The Morgan fingerprint density at radius 2 is 2.38 bits per heavy atom. The SMILES string of the molecule is COc1ccc(NC(=O)[C@H](C)OC[C@@H]2CCCCO2)cn1. The fourth-order valence-corrected chi connectivity index (χ4v) is 2.09. The maximum atomic E-state index is 12.0. The molecule has 0 spiro atoms. The summed E-state index contributed by atoms with van der Waals surface area (Å²) in [5, 5.41) is 2.76. The first-order valence-electron chi connectivity index (χ1n) is 7.23. The Balaban J connectivity index is 1.75. The summed E-state index contributed by atoms with van der Waals surface area (Å²) in [7, 11) is 1.55. The Morgan fingerprint density at radius 1 is 1.52 bits per heavy atom. The van der Waals surface area contributed by atoms with Crippen LogP contribution < -0.4 is 10.1 Å². The van der Waals surface area contributed by atoms with Crippen molar-refractivity contribution < 1.29 is 19.0 Å². The Labute approximate surface area is 124 Å². The highest BCUT2D eigenvalue weighted by atomic mass is 16.5. The normalized spacial score (nSPS) is 19.8. The minimum absolute atomic E-state index is 0.108. The third kappa shape index (κ3) is 4.99. The van der Waals surface area contributed by atoms with Crippen LogP contribution in [0.4, 0.5) is 5.69 Å². The van der Waals surface area contributed by atoms with Gasteiger partial charge in [0.25, 0.3) is 5.91 Å². The van der Waals surface area contributed by atoms with Gasteiger partial charge in [-0.1, -0.05) is 0 Å². The number of carbonyl (C=O) groups is 1. The first-order chi connectivity index (χ1) is 10.2. The number of hydrogen-bond acceptors (Lipinski definition) is 5. The molecule has 0 aliphatic carbocycles. The average Bonchev–Trinajstić information content (AvgIpc) is 2.54. The molecule has 0 unspecified atom stereocenters. The maximum Gasteiger partial charge on any atom is 0.253 e. The molecular formula is C15H22N2O4. The van der Waals surface area contributed by atoms with Crippen LogP contribution in [0.1, 0.15) is 26.2 Å². The Kier molecular flexibility index (Phi) is 5.95. The second kappa shape index (κ2) is 7.95. The molecule has 1 amide bonds. The van der Waals surface area contributed by atoms with Gasteiger partial charge in [-0.25, -0.2) is 4.98 Å². The average molecular weight is 294 g/mol. The van der Waals surface area contributed by atoms with Crippen LogP contribution in [-0.2, 0) is 14.3 Å². The van der Waals surface area contributed by atoms with E-state index in [2.05, 4.69) is 10.3 Å². The molecule has 0 radical (unpaired) electrons. The van der Waals surface area contributed by atoms with E-state index < -0.39 is 6.10 Å². The van der Waals surface area contributed by atoms with E-state index in [1.54, 1.807) is 32.4 Å². The Hall–Kier alpha value is -1.66. The lowest BCUT2D eigenvalue weighted by molar-refractivity contribution is -0.130. The highest BCUT2D eigenvalue weighted by molar-refractivity contribution is 5.93. The van der Waals surface area contributed by atoms with Gasteiger partial charge in [0, 0.05) is 12.7 Å². The van der Waals surface area contributed by atoms with Gasteiger partial charge in [-0.2, -0.15) is 0 Å². The molecular weight excluding hydrogens is 272 g/mol. The van der Waals surface area contributed by atoms with E-state index in [1.807, 2.05) is 0 Å². The number of pyridine rings is 1. The van der Waals surface area contributed by atoms with Gasteiger partial charge in [0.1, 0.15) is 6.10 Å². The van der Waals surface area contributed by atoms with E-state index in [9.17, 15) is 4.79 Å². The zero-order valence-corrected chi connectivity index (χ0v) is 12.5. The highest BCUT2D eigenvalue weighted by Crippen LogP contribution is 2.14. The molecule has 2 rings (SSSR count). The van der Waals surface area contributed by atoms with Crippen LogP contribution in [0.15, 0.2) is 18.3 Å². The van der Waals surface area contributed by atoms with Crippen LogP contribution in [-0.4, -0.2) is 43.4 Å². The number of ether oxygens (including phenoxy) is 3. The molecule has 0 saturated carbocycles. The Morgan fingerprint density at radius 3 is 3.00 bits per heavy atom. The second-order valence-electron chi connectivity index (χ2n) is 5.04. The summed E-state index contributed by atoms with van der Waals surface area (Å²) in [5.74, 6) is 0.310. The smallest absolute Gasteiger partial charge is 0.253 e. The predicted molar refractivity (Wildman–Crippen MR) is 78.4 cm³/mol. The molecule has 2 atom stereocenters.